The molecule has 2 heterocycles. The Morgan fingerprint density at radius 2 is 2.05 bits per heavy atom. The van der Waals surface area contributed by atoms with E-state index in [0.29, 0.717) is 0 Å². The summed E-state index contributed by atoms with van der Waals surface area (Å²) in [6, 6.07) is 8.35. The summed E-state index contributed by atoms with van der Waals surface area (Å²) in [6.45, 7) is 1.78. The highest BCUT2D eigenvalue weighted by molar-refractivity contribution is 5.90. The Balaban J connectivity index is 2.11. The van der Waals surface area contributed by atoms with Gasteiger partial charge in [0.05, 0.1) is 5.52 Å². The van der Waals surface area contributed by atoms with Crippen LogP contribution in [0.15, 0.2) is 24.3 Å². The first-order valence-corrected chi connectivity index (χ1v) is 6.60. The average Bonchev–Trinajstić information content (AvgIpc) is 2.84. The van der Waals surface area contributed by atoms with Crippen molar-refractivity contribution in [2.24, 2.45) is 5.73 Å². The highest BCUT2D eigenvalue weighted by atomic mass is 15.3. The second-order valence-electron chi connectivity index (χ2n) is 5.25. The molecule has 0 amide bonds. The van der Waals surface area contributed by atoms with Gasteiger partial charge in [-0.3, -0.25) is 0 Å². The van der Waals surface area contributed by atoms with E-state index in [9.17, 15) is 0 Å². The Morgan fingerprint density at radius 3 is 2.74 bits per heavy atom. The number of benzene rings is 1. The Kier molecular flexibility index (Phi) is 2.98. The summed E-state index contributed by atoms with van der Waals surface area (Å²) < 4.78 is 0. The summed E-state index contributed by atoms with van der Waals surface area (Å²) in [4.78, 5) is 13.6. The molecule has 0 spiro atoms. The van der Waals surface area contributed by atoms with Gasteiger partial charge in [-0.1, -0.05) is 12.1 Å². The zero-order valence-corrected chi connectivity index (χ0v) is 11.4. The number of nitrogens with two attached hydrogens (primary N) is 1. The van der Waals surface area contributed by atoms with Gasteiger partial charge in [-0.25, -0.2) is 4.98 Å². The number of hydrogen-bond acceptors (Lipinski definition) is 5. The monoisotopic (exact) mass is 257 g/mol. The van der Waals surface area contributed by atoms with E-state index >= 15 is 0 Å². The van der Waals surface area contributed by atoms with Crippen molar-refractivity contribution >= 4 is 22.7 Å². The van der Waals surface area contributed by atoms with Crippen LogP contribution in [0.25, 0.3) is 10.9 Å². The summed E-state index contributed by atoms with van der Waals surface area (Å²) >= 11 is 0. The molecule has 19 heavy (non-hydrogen) atoms. The first-order valence-electron chi connectivity index (χ1n) is 6.60. The molecule has 2 aromatic rings. The number of para-hydroxylation sites is 1. The first-order chi connectivity index (χ1) is 9.15. The van der Waals surface area contributed by atoms with Crippen LogP contribution >= 0.6 is 0 Å². The van der Waals surface area contributed by atoms with E-state index in [0.717, 1.165) is 42.2 Å². The predicted molar refractivity (Wildman–Crippen MR) is 78.7 cm³/mol. The van der Waals surface area contributed by atoms with Crippen molar-refractivity contribution in [3.05, 3.63) is 24.3 Å². The third-order valence-corrected chi connectivity index (χ3v) is 3.50. The molecule has 1 aliphatic rings. The van der Waals surface area contributed by atoms with Crippen molar-refractivity contribution in [3.8, 4) is 0 Å². The Labute approximate surface area is 113 Å². The number of fused-ring (bicyclic) bond motifs is 1. The molecule has 3 rings (SSSR count). The number of rotatable bonds is 2. The van der Waals surface area contributed by atoms with Gasteiger partial charge in [-0.15, -0.1) is 0 Å². The van der Waals surface area contributed by atoms with E-state index < -0.39 is 0 Å². The second kappa shape index (κ2) is 4.66. The molecule has 1 unspecified atom stereocenters. The summed E-state index contributed by atoms with van der Waals surface area (Å²) in [5.74, 6) is 1.75. The standard InChI is InChI=1S/C14H19N5/c1-18(2)13-11-5-3-4-6-12(11)16-14(17-13)19-8-7-10(15)9-19/h3-6,10H,7-9,15H2,1-2H3. The van der Waals surface area contributed by atoms with Gasteiger partial charge >= 0.3 is 0 Å². The lowest BCUT2D eigenvalue weighted by Crippen LogP contribution is -2.28. The first kappa shape index (κ1) is 12.2. The second-order valence-corrected chi connectivity index (χ2v) is 5.25. The lowest BCUT2D eigenvalue weighted by atomic mass is 10.2. The molecule has 1 aliphatic heterocycles. The third kappa shape index (κ3) is 2.21. The predicted octanol–water partition coefficient (Wildman–Crippen LogP) is 1.23. The van der Waals surface area contributed by atoms with E-state index in [4.69, 9.17) is 10.7 Å². The largest absolute Gasteiger partial charge is 0.362 e. The summed E-state index contributed by atoms with van der Waals surface area (Å²) in [6.07, 6.45) is 1.01. The highest BCUT2D eigenvalue weighted by Gasteiger charge is 2.22. The number of hydrogen-bond donors (Lipinski definition) is 1. The number of aromatic nitrogens is 2. The minimum Gasteiger partial charge on any atom is -0.362 e. The van der Waals surface area contributed by atoms with Crippen LogP contribution in [0, 0.1) is 0 Å². The van der Waals surface area contributed by atoms with Gasteiger partial charge in [-0.2, -0.15) is 4.98 Å². The van der Waals surface area contributed by atoms with Gasteiger partial charge in [-0.05, 0) is 18.6 Å². The van der Waals surface area contributed by atoms with Crippen molar-refractivity contribution < 1.29 is 0 Å². The molecule has 0 saturated carbocycles. The Bertz CT molecular complexity index is 595. The molecule has 0 aliphatic carbocycles. The van der Waals surface area contributed by atoms with Crippen LogP contribution in [-0.2, 0) is 0 Å². The molecule has 5 heteroatoms. The van der Waals surface area contributed by atoms with Gasteiger partial charge in [0.25, 0.3) is 0 Å². The molecular formula is C14H19N5. The summed E-state index contributed by atoms with van der Waals surface area (Å²) in [5, 5.41) is 1.08. The fourth-order valence-electron chi connectivity index (χ4n) is 2.50. The zero-order chi connectivity index (χ0) is 13.4. The van der Waals surface area contributed by atoms with Crippen molar-refractivity contribution in [3.63, 3.8) is 0 Å². The van der Waals surface area contributed by atoms with Crippen LogP contribution in [0.1, 0.15) is 6.42 Å². The SMILES string of the molecule is CN(C)c1nc(N2CCC(N)C2)nc2ccccc12. The van der Waals surface area contributed by atoms with Gasteiger partial charge < -0.3 is 15.5 Å². The quantitative estimate of drug-likeness (QED) is 0.877. The molecule has 1 atom stereocenters. The van der Waals surface area contributed by atoms with Gasteiger partial charge in [0.15, 0.2) is 0 Å². The normalized spacial score (nSPS) is 19.1. The molecule has 100 valence electrons. The van der Waals surface area contributed by atoms with Crippen LogP contribution in [0.2, 0.25) is 0 Å². The minimum absolute atomic E-state index is 0.234. The third-order valence-electron chi connectivity index (χ3n) is 3.50. The lowest BCUT2D eigenvalue weighted by Gasteiger charge is -2.20. The van der Waals surface area contributed by atoms with Gasteiger partial charge in [0, 0.05) is 38.6 Å². The van der Waals surface area contributed by atoms with Crippen LogP contribution in [-0.4, -0.2) is 43.2 Å². The van der Waals surface area contributed by atoms with Crippen molar-refractivity contribution in [1.82, 2.24) is 9.97 Å². The fourth-order valence-corrected chi connectivity index (χ4v) is 2.50. The fraction of sp³-hybridized carbons (Fsp3) is 0.429. The molecule has 1 aromatic carbocycles. The van der Waals surface area contributed by atoms with Crippen molar-refractivity contribution in [2.45, 2.75) is 12.5 Å². The number of nitrogens with zero attached hydrogens (tertiary/aromatic N) is 4. The highest BCUT2D eigenvalue weighted by Crippen LogP contribution is 2.26. The molecule has 5 nitrogen and oxygen atoms in total. The molecule has 0 bridgehead atoms. The molecule has 0 radical (unpaired) electrons. The van der Waals surface area contributed by atoms with Gasteiger partial charge in [0.1, 0.15) is 5.82 Å². The van der Waals surface area contributed by atoms with Crippen LogP contribution in [0.5, 0.6) is 0 Å². The van der Waals surface area contributed by atoms with Crippen molar-refractivity contribution in [2.75, 3.05) is 37.0 Å². The molecular weight excluding hydrogens is 238 g/mol. The Morgan fingerprint density at radius 1 is 1.26 bits per heavy atom. The Hall–Kier alpha value is -1.88. The number of anilines is 2. The molecule has 1 aromatic heterocycles. The molecule has 1 saturated heterocycles. The van der Waals surface area contributed by atoms with Crippen LogP contribution in [0.4, 0.5) is 11.8 Å². The van der Waals surface area contributed by atoms with E-state index in [1.807, 2.05) is 37.2 Å². The van der Waals surface area contributed by atoms with Crippen molar-refractivity contribution in [1.29, 1.82) is 0 Å². The lowest BCUT2D eigenvalue weighted by molar-refractivity contribution is 0.750. The molecule has 2 N–H and O–H groups in total. The van der Waals surface area contributed by atoms with E-state index in [1.165, 1.54) is 0 Å². The smallest absolute Gasteiger partial charge is 0.227 e. The van der Waals surface area contributed by atoms with E-state index in [1.54, 1.807) is 0 Å². The maximum atomic E-state index is 5.97. The summed E-state index contributed by atoms with van der Waals surface area (Å²) in [5.41, 5.74) is 6.95. The average molecular weight is 257 g/mol. The van der Waals surface area contributed by atoms with Crippen LogP contribution < -0.4 is 15.5 Å². The zero-order valence-electron chi connectivity index (χ0n) is 11.4. The maximum Gasteiger partial charge on any atom is 0.227 e. The van der Waals surface area contributed by atoms with E-state index in [2.05, 4.69) is 16.0 Å². The summed E-state index contributed by atoms with van der Waals surface area (Å²) in [7, 11) is 4.02. The van der Waals surface area contributed by atoms with Crippen LogP contribution in [0.3, 0.4) is 0 Å². The topological polar surface area (TPSA) is 58.3 Å². The maximum absolute atomic E-state index is 5.97. The van der Waals surface area contributed by atoms with Gasteiger partial charge in [0.2, 0.25) is 5.95 Å². The minimum atomic E-state index is 0.234. The molecule has 1 fully saturated rings. The van der Waals surface area contributed by atoms with E-state index in [-0.39, 0.29) is 6.04 Å².